The van der Waals surface area contributed by atoms with Crippen LogP contribution < -0.4 is 9.64 Å². The van der Waals surface area contributed by atoms with Crippen LogP contribution in [0.15, 0.2) is 54.1 Å². The van der Waals surface area contributed by atoms with Gasteiger partial charge in [-0.25, -0.2) is 4.39 Å². The van der Waals surface area contributed by atoms with Gasteiger partial charge in [0.1, 0.15) is 22.3 Å². The smallest absolute Gasteiger partial charge is 0.301 e. The van der Waals surface area contributed by atoms with E-state index in [1.54, 1.807) is 31.2 Å². The van der Waals surface area contributed by atoms with Gasteiger partial charge >= 0.3 is 5.91 Å². The first-order valence-corrected chi connectivity index (χ1v) is 9.73. The van der Waals surface area contributed by atoms with Gasteiger partial charge in [0.15, 0.2) is 0 Å². The molecule has 7 nitrogen and oxygen atoms in total. The molecule has 152 valence electrons. The van der Waals surface area contributed by atoms with Crippen molar-refractivity contribution in [2.75, 3.05) is 12.0 Å². The number of hydrogen-bond donors (Lipinski definition) is 1. The number of rotatable bonds is 4. The maximum absolute atomic E-state index is 13.5. The van der Waals surface area contributed by atoms with Crippen LogP contribution in [0.5, 0.6) is 5.75 Å². The molecule has 1 fully saturated rings. The summed E-state index contributed by atoms with van der Waals surface area (Å²) in [4.78, 5) is 27.0. The largest absolute Gasteiger partial charge is 0.507 e. The molecule has 1 atom stereocenters. The molecule has 2 heterocycles. The van der Waals surface area contributed by atoms with E-state index in [1.165, 1.54) is 36.3 Å². The van der Waals surface area contributed by atoms with Gasteiger partial charge in [-0.3, -0.25) is 14.5 Å². The molecule has 0 aliphatic carbocycles. The predicted octanol–water partition coefficient (Wildman–Crippen LogP) is 3.62. The van der Waals surface area contributed by atoms with E-state index < -0.39 is 23.5 Å². The van der Waals surface area contributed by atoms with Crippen molar-refractivity contribution in [2.24, 2.45) is 0 Å². The van der Waals surface area contributed by atoms with Crippen molar-refractivity contribution in [3.05, 3.63) is 76.1 Å². The molecule has 1 aliphatic heterocycles. The number of aliphatic hydroxyl groups is 1. The van der Waals surface area contributed by atoms with E-state index in [-0.39, 0.29) is 16.5 Å². The minimum Gasteiger partial charge on any atom is -0.507 e. The average molecular weight is 425 g/mol. The summed E-state index contributed by atoms with van der Waals surface area (Å²) in [6, 6.07) is 10.8. The SMILES string of the molecule is COc1ccc(/C(O)=C2\C(=O)C(=O)N(c3nnc(C)s3)C2c2ccc(F)cc2)cc1. The number of aryl methyl sites for hydroxylation is 1. The Bertz CT molecular complexity index is 1160. The van der Waals surface area contributed by atoms with Crippen molar-refractivity contribution in [1.82, 2.24) is 10.2 Å². The third-order valence-electron chi connectivity index (χ3n) is 4.72. The summed E-state index contributed by atoms with van der Waals surface area (Å²) in [5, 5.41) is 19.7. The number of nitrogens with zero attached hydrogens (tertiary/aromatic N) is 3. The monoisotopic (exact) mass is 425 g/mol. The van der Waals surface area contributed by atoms with Gasteiger partial charge in [-0.1, -0.05) is 23.5 Å². The topological polar surface area (TPSA) is 92.6 Å². The summed E-state index contributed by atoms with van der Waals surface area (Å²) in [6.07, 6.45) is 0. The molecule has 1 amide bonds. The normalized spacial score (nSPS) is 18.1. The van der Waals surface area contributed by atoms with Gasteiger partial charge in [-0.2, -0.15) is 0 Å². The average Bonchev–Trinajstić information content (AvgIpc) is 3.29. The van der Waals surface area contributed by atoms with Gasteiger partial charge < -0.3 is 9.84 Å². The Morgan fingerprint density at radius 3 is 2.33 bits per heavy atom. The number of aromatic nitrogens is 2. The van der Waals surface area contributed by atoms with Gasteiger partial charge in [0.05, 0.1) is 18.7 Å². The highest BCUT2D eigenvalue weighted by Gasteiger charge is 2.48. The van der Waals surface area contributed by atoms with E-state index >= 15 is 0 Å². The fourth-order valence-electron chi connectivity index (χ4n) is 3.28. The lowest BCUT2D eigenvalue weighted by molar-refractivity contribution is -0.132. The molecule has 0 saturated carbocycles. The van der Waals surface area contributed by atoms with Crippen molar-refractivity contribution >= 4 is 33.9 Å². The minimum atomic E-state index is -0.972. The van der Waals surface area contributed by atoms with E-state index in [0.29, 0.717) is 21.9 Å². The zero-order chi connectivity index (χ0) is 21.4. The number of anilines is 1. The molecule has 0 spiro atoms. The molecule has 3 aromatic rings. The van der Waals surface area contributed by atoms with E-state index in [0.717, 1.165) is 11.3 Å². The highest BCUT2D eigenvalue weighted by atomic mass is 32.1. The van der Waals surface area contributed by atoms with Crippen LogP contribution in [0.2, 0.25) is 0 Å². The highest BCUT2D eigenvalue weighted by molar-refractivity contribution is 7.15. The Morgan fingerprint density at radius 1 is 1.10 bits per heavy atom. The van der Waals surface area contributed by atoms with E-state index in [9.17, 15) is 19.1 Å². The molecular weight excluding hydrogens is 409 g/mol. The van der Waals surface area contributed by atoms with Crippen molar-refractivity contribution in [3.63, 3.8) is 0 Å². The molecule has 0 bridgehead atoms. The van der Waals surface area contributed by atoms with Crippen molar-refractivity contribution < 1.29 is 23.8 Å². The van der Waals surface area contributed by atoms with Crippen LogP contribution in [0.3, 0.4) is 0 Å². The first kappa shape index (κ1) is 19.7. The van der Waals surface area contributed by atoms with Crippen LogP contribution >= 0.6 is 11.3 Å². The molecule has 1 aromatic heterocycles. The summed E-state index contributed by atoms with van der Waals surface area (Å²) < 4.78 is 18.6. The molecule has 2 aromatic carbocycles. The number of hydrogen-bond acceptors (Lipinski definition) is 7. The number of ether oxygens (including phenoxy) is 1. The van der Waals surface area contributed by atoms with E-state index in [1.807, 2.05) is 0 Å². The summed E-state index contributed by atoms with van der Waals surface area (Å²) in [7, 11) is 1.51. The van der Waals surface area contributed by atoms with Crippen LogP contribution in [0.25, 0.3) is 5.76 Å². The lowest BCUT2D eigenvalue weighted by Crippen LogP contribution is -2.29. The van der Waals surface area contributed by atoms with Gasteiger partial charge in [-0.15, -0.1) is 10.2 Å². The number of Topliss-reactive ketones (excluding diaryl/α,β-unsaturated/α-hetero) is 1. The molecule has 1 N–H and O–H groups in total. The zero-order valence-electron chi connectivity index (χ0n) is 16.0. The Kier molecular flexibility index (Phi) is 5.04. The lowest BCUT2D eigenvalue weighted by atomic mass is 9.95. The second-order valence-corrected chi connectivity index (χ2v) is 7.71. The molecule has 4 rings (SSSR count). The third-order valence-corrected chi connectivity index (χ3v) is 5.55. The second-order valence-electron chi connectivity index (χ2n) is 6.55. The number of amides is 1. The number of benzene rings is 2. The Balaban J connectivity index is 1.91. The summed E-state index contributed by atoms with van der Waals surface area (Å²) in [5.41, 5.74) is 0.692. The number of halogens is 1. The molecule has 0 radical (unpaired) electrons. The summed E-state index contributed by atoms with van der Waals surface area (Å²) in [5.74, 6) is -1.92. The van der Waals surface area contributed by atoms with E-state index in [4.69, 9.17) is 4.74 Å². The first-order valence-electron chi connectivity index (χ1n) is 8.91. The Labute approximate surface area is 175 Å². The molecular formula is C21H16FN3O4S. The second kappa shape index (κ2) is 7.68. The van der Waals surface area contributed by atoms with Crippen LogP contribution in [0, 0.1) is 12.7 Å². The first-order chi connectivity index (χ1) is 14.4. The number of carbonyl (C=O) groups is 2. The number of aliphatic hydroxyl groups excluding tert-OH is 1. The number of carbonyl (C=O) groups excluding carboxylic acids is 2. The van der Waals surface area contributed by atoms with Gasteiger partial charge in [-0.05, 0) is 48.9 Å². The summed E-state index contributed by atoms with van der Waals surface area (Å²) >= 11 is 1.14. The molecule has 9 heteroatoms. The minimum absolute atomic E-state index is 0.107. The lowest BCUT2D eigenvalue weighted by Gasteiger charge is -2.22. The molecule has 1 unspecified atom stereocenters. The standard InChI is InChI=1S/C21H16FN3O4S/c1-11-23-24-21(30-11)25-17(12-3-7-14(22)8-4-12)16(19(27)20(25)28)18(26)13-5-9-15(29-2)10-6-13/h3-10,17,26H,1-2H3/b18-16+. The predicted molar refractivity (Wildman–Crippen MR) is 109 cm³/mol. The number of methoxy groups -OCH3 is 1. The van der Waals surface area contributed by atoms with Crippen molar-refractivity contribution in [1.29, 1.82) is 0 Å². The van der Waals surface area contributed by atoms with Crippen molar-refractivity contribution in [2.45, 2.75) is 13.0 Å². The third kappa shape index (κ3) is 3.33. The molecule has 1 saturated heterocycles. The quantitative estimate of drug-likeness (QED) is 0.390. The van der Waals surface area contributed by atoms with Crippen LogP contribution in [-0.4, -0.2) is 34.1 Å². The maximum Gasteiger partial charge on any atom is 0.301 e. The fourth-order valence-corrected chi connectivity index (χ4v) is 3.99. The molecule has 1 aliphatic rings. The van der Waals surface area contributed by atoms with Crippen molar-refractivity contribution in [3.8, 4) is 5.75 Å². The molecule has 30 heavy (non-hydrogen) atoms. The van der Waals surface area contributed by atoms with E-state index in [2.05, 4.69) is 10.2 Å². The zero-order valence-corrected chi connectivity index (χ0v) is 16.8. The van der Waals surface area contributed by atoms with Gasteiger partial charge in [0.25, 0.3) is 5.78 Å². The highest BCUT2D eigenvalue weighted by Crippen LogP contribution is 2.42. The van der Waals surface area contributed by atoms with Crippen LogP contribution in [0.4, 0.5) is 9.52 Å². The summed E-state index contributed by atoms with van der Waals surface area (Å²) in [6.45, 7) is 1.72. The number of ketones is 1. The fraction of sp³-hybridized carbons (Fsp3) is 0.143. The van der Waals surface area contributed by atoms with Crippen LogP contribution in [-0.2, 0) is 9.59 Å². The Hall–Kier alpha value is -3.59. The maximum atomic E-state index is 13.5. The van der Waals surface area contributed by atoms with Gasteiger partial charge in [0, 0.05) is 5.56 Å². The Morgan fingerprint density at radius 2 is 1.77 bits per heavy atom. The van der Waals surface area contributed by atoms with Gasteiger partial charge in [0.2, 0.25) is 5.13 Å². The van der Waals surface area contributed by atoms with Crippen LogP contribution in [0.1, 0.15) is 22.2 Å².